The molecule has 0 aromatic heterocycles. The molecule has 20 heavy (non-hydrogen) atoms. The highest BCUT2D eigenvalue weighted by Gasteiger charge is 2.34. The lowest BCUT2D eigenvalue weighted by Gasteiger charge is -2.35. The van der Waals surface area contributed by atoms with Crippen LogP contribution in [-0.4, -0.2) is 55.1 Å². The first-order valence-corrected chi connectivity index (χ1v) is 8.21. The van der Waals surface area contributed by atoms with Gasteiger partial charge in [0.25, 0.3) is 10.2 Å². The molecular weight excluding hydrogens is 284 g/mol. The molecule has 1 aliphatic heterocycles. The Bertz CT molecular complexity index is 427. The number of nitrogens with zero attached hydrogens (tertiary/aromatic N) is 1. The molecule has 0 saturated carbocycles. The van der Waals surface area contributed by atoms with Gasteiger partial charge in [0.15, 0.2) is 0 Å². The number of nitrogens with one attached hydrogen (secondary N) is 1. The van der Waals surface area contributed by atoms with Gasteiger partial charge >= 0.3 is 5.97 Å². The van der Waals surface area contributed by atoms with E-state index in [4.69, 9.17) is 9.84 Å². The molecule has 118 valence electrons. The topological polar surface area (TPSA) is 95.9 Å². The largest absolute Gasteiger partial charge is 0.480 e. The smallest absolute Gasteiger partial charge is 0.321 e. The fourth-order valence-corrected chi connectivity index (χ4v) is 3.77. The Kier molecular flexibility index (Phi) is 5.93. The van der Waals surface area contributed by atoms with Crippen LogP contribution in [0.15, 0.2) is 0 Å². The van der Waals surface area contributed by atoms with Crippen molar-refractivity contribution < 1.29 is 23.1 Å². The average molecular weight is 308 g/mol. The SMILES string of the molecule is CC(C)CC(NS(=O)(=O)N1CC(C)OC(C)C1)C(=O)O. The number of carboxylic acids is 1. The Morgan fingerprint density at radius 3 is 2.25 bits per heavy atom. The van der Waals surface area contributed by atoms with Crippen molar-refractivity contribution in [2.45, 2.75) is 52.4 Å². The molecule has 1 fully saturated rings. The molecule has 1 heterocycles. The fourth-order valence-electron chi connectivity index (χ4n) is 2.25. The Labute approximate surface area is 120 Å². The van der Waals surface area contributed by atoms with Gasteiger partial charge in [-0.15, -0.1) is 0 Å². The minimum atomic E-state index is -3.82. The van der Waals surface area contributed by atoms with Gasteiger partial charge in [-0.1, -0.05) is 13.8 Å². The number of hydrogen-bond donors (Lipinski definition) is 2. The molecule has 0 amide bonds. The molecule has 0 spiro atoms. The summed E-state index contributed by atoms with van der Waals surface area (Å²) in [6.07, 6.45) is -0.156. The summed E-state index contributed by atoms with van der Waals surface area (Å²) < 4.78 is 33.5. The standard InChI is InChI=1S/C12H24N2O5S/c1-8(2)5-11(12(15)16)13-20(17,18)14-6-9(3)19-10(4)7-14/h8-11,13H,5-7H2,1-4H3,(H,15,16). The Hall–Kier alpha value is -0.700. The van der Waals surface area contributed by atoms with Gasteiger partial charge in [0, 0.05) is 13.1 Å². The lowest BCUT2D eigenvalue weighted by molar-refractivity contribution is -0.139. The summed E-state index contributed by atoms with van der Waals surface area (Å²) in [6.45, 7) is 7.75. The maximum absolute atomic E-state index is 12.3. The van der Waals surface area contributed by atoms with Gasteiger partial charge in [-0.05, 0) is 26.2 Å². The Balaban J connectivity index is 2.79. The summed E-state index contributed by atoms with van der Waals surface area (Å²) in [6, 6.07) is -1.10. The van der Waals surface area contributed by atoms with E-state index in [-0.39, 0.29) is 37.6 Å². The number of ether oxygens (including phenoxy) is 1. The number of hydrogen-bond acceptors (Lipinski definition) is 4. The van der Waals surface area contributed by atoms with E-state index in [9.17, 15) is 13.2 Å². The van der Waals surface area contributed by atoms with Crippen LogP contribution in [0, 0.1) is 5.92 Å². The van der Waals surface area contributed by atoms with Gasteiger partial charge in [0.05, 0.1) is 12.2 Å². The summed E-state index contributed by atoms with van der Waals surface area (Å²) in [5, 5.41) is 9.12. The van der Waals surface area contributed by atoms with Crippen LogP contribution >= 0.6 is 0 Å². The quantitative estimate of drug-likeness (QED) is 0.742. The summed E-state index contributed by atoms with van der Waals surface area (Å²) in [7, 11) is -3.82. The van der Waals surface area contributed by atoms with E-state index in [2.05, 4.69) is 4.72 Å². The monoisotopic (exact) mass is 308 g/mol. The number of rotatable bonds is 6. The molecular formula is C12H24N2O5S. The molecule has 0 aliphatic carbocycles. The predicted octanol–water partition coefficient (Wildman–Crippen LogP) is 0.429. The number of carbonyl (C=O) groups is 1. The molecule has 0 aromatic rings. The van der Waals surface area contributed by atoms with Crippen LogP contribution in [0.5, 0.6) is 0 Å². The van der Waals surface area contributed by atoms with Gasteiger partial charge in [0.2, 0.25) is 0 Å². The van der Waals surface area contributed by atoms with Crippen molar-refractivity contribution in [1.29, 1.82) is 0 Å². The first kappa shape index (κ1) is 17.4. The third-order valence-electron chi connectivity index (χ3n) is 3.02. The molecule has 0 aromatic carbocycles. The zero-order valence-electron chi connectivity index (χ0n) is 12.4. The van der Waals surface area contributed by atoms with Crippen molar-refractivity contribution in [3.63, 3.8) is 0 Å². The second-order valence-electron chi connectivity index (χ2n) is 5.72. The average Bonchev–Trinajstić information content (AvgIpc) is 2.25. The highest BCUT2D eigenvalue weighted by atomic mass is 32.2. The summed E-state index contributed by atoms with van der Waals surface area (Å²) >= 11 is 0. The fraction of sp³-hybridized carbons (Fsp3) is 0.917. The second kappa shape index (κ2) is 6.84. The minimum Gasteiger partial charge on any atom is -0.480 e. The van der Waals surface area contributed by atoms with Crippen molar-refractivity contribution in [3.8, 4) is 0 Å². The van der Waals surface area contributed by atoms with Gasteiger partial charge in [-0.2, -0.15) is 17.4 Å². The minimum absolute atomic E-state index is 0.0846. The van der Waals surface area contributed by atoms with Crippen LogP contribution in [0.3, 0.4) is 0 Å². The van der Waals surface area contributed by atoms with Gasteiger partial charge < -0.3 is 9.84 Å². The van der Waals surface area contributed by atoms with Gasteiger partial charge in [0.1, 0.15) is 6.04 Å². The van der Waals surface area contributed by atoms with E-state index in [1.54, 1.807) is 13.8 Å². The number of carboxylic acid groups (broad SMARTS) is 1. The van der Waals surface area contributed by atoms with Gasteiger partial charge in [-0.25, -0.2) is 0 Å². The first-order chi connectivity index (χ1) is 9.11. The summed E-state index contributed by atoms with van der Waals surface area (Å²) in [5.41, 5.74) is 0. The van der Waals surface area contributed by atoms with Crippen molar-refractivity contribution in [2.75, 3.05) is 13.1 Å². The van der Waals surface area contributed by atoms with Crippen molar-refractivity contribution in [3.05, 3.63) is 0 Å². The van der Waals surface area contributed by atoms with E-state index in [0.29, 0.717) is 0 Å². The summed E-state index contributed by atoms with van der Waals surface area (Å²) in [5.74, 6) is -1.07. The van der Waals surface area contributed by atoms with E-state index < -0.39 is 22.2 Å². The van der Waals surface area contributed by atoms with Gasteiger partial charge in [-0.3, -0.25) is 4.79 Å². The molecule has 1 aliphatic rings. The third-order valence-corrected chi connectivity index (χ3v) is 4.58. The van der Waals surface area contributed by atoms with Crippen LogP contribution in [-0.2, 0) is 19.7 Å². The number of morpholine rings is 1. The molecule has 3 unspecified atom stereocenters. The lowest BCUT2D eigenvalue weighted by atomic mass is 10.1. The van der Waals surface area contributed by atoms with Crippen molar-refractivity contribution in [1.82, 2.24) is 9.03 Å². The van der Waals surface area contributed by atoms with Crippen LogP contribution in [0.4, 0.5) is 0 Å². The Morgan fingerprint density at radius 2 is 1.85 bits per heavy atom. The van der Waals surface area contributed by atoms with Crippen LogP contribution in [0.1, 0.15) is 34.1 Å². The van der Waals surface area contributed by atoms with E-state index in [1.165, 1.54) is 4.31 Å². The Morgan fingerprint density at radius 1 is 1.35 bits per heavy atom. The zero-order chi connectivity index (χ0) is 15.5. The van der Waals surface area contributed by atoms with Crippen molar-refractivity contribution >= 4 is 16.2 Å². The molecule has 3 atom stereocenters. The predicted molar refractivity (Wildman–Crippen MR) is 74.5 cm³/mol. The highest BCUT2D eigenvalue weighted by molar-refractivity contribution is 7.87. The third kappa shape index (κ3) is 5.01. The molecule has 8 heteroatoms. The van der Waals surface area contributed by atoms with Crippen LogP contribution < -0.4 is 4.72 Å². The molecule has 0 radical (unpaired) electrons. The molecule has 1 saturated heterocycles. The molecule has 2 N–H and O–H groups in total. The first-order valence-electron chi connectivity index (χ1n) is 6.77. The maximum atomic E-state index is 12.3. The van der Waals surface area contributed by atoms with Crippen molar-refractivity contribution in [2.24, 2.45) is 5.92 Å². The van der Waals surface area contributed by atoms with E-state index in [1.807, 2.05) is 13.8 Å². The summed E-state index contributed by atoms with van der Waals surface area (Å²) in [4.78, 5) is 11.2. The van der Waals surface area contributed by atoms with Crippen LogP contribution in [0.2, 0.25) is 0 Å². The second-order valence-corrected chi connectivity index (χ2v) is 7.42. The normalized spacial score (nSPS) is 26.6. The number of aliphatic carboxylic acids is 1. The lowest BCUT2D eigenvalue weighted by Crippen LogP contribution is -2.55. The molecule has 0 bridgehead atoms. The zero-order valence-corrected chi connectivity index (χ0v) is 13.2. The molecule has 7 nitrogen and oxygen atoms in total. The van der Waals surface area contributed by atoms with Crippen LogP contribution in [0.25, 0.3) is 0 Å². The highest BCUT2D eigenvalue weighted by Crippen LogP contribution is 2.15. The van der Waals surface area contributed by atoms with E-state index in [0.717, 1.165) is 0 Å². The molecule has 1 rings (SSSR count). The van der Waals surface area contributed by atoms with E-state index >= 15 is 0 Å². The maximum Gasteiger partial charge on any atom is 0.321 e.